The van der Waals surface area contributed by atoms with E-state index in [4.69, 9.17) is 4.74 Å². The van der Waals surface area contributed by atoms with E-state index in [9.17, 15) is 9.59 Å². The lowest BCUT2D eigenvalue weighted by Gasteiger charge is -2.33. The van der Waals surface area contributed by atoms with Crippen LogP contribution in [-0.2, 0) is 9.53 Å². The summed E-state index contributed by atoms with van der Waals surface area (Å²) in [6.07, 6.45) is 1.15. The summed E-state index contributed by atoms with van der Waals surface area (Å²) in [5.74, 6) is -0.0765. The molecule has 0 fully saturated rings. The van der Waals surface area contributed by atoms with Crippen molar-refractivity contribution < 1.29 is 14.3 Å². The summed E-state index contributed by atoms with van der Waals surface area (Å²) < 4.78 is 5.57. The molecule has 0 heterocycles. The second-order valence-corrected chi connectivity index (χ2v) is 7.48. The lowest BCUT2D eigenvalue weighted by molar-refractivity contribution is -0.112. The predicted octanol–water partition coefficient (Wildman–Crippen LogP) is 5.27. The number of carbonyl (C=O) groups is 2. The topological polar surface area (TPSA) is 46.6 Å². The van der Waals surface area contributed by atoms with Gasteiger partial charge in [0.2, 0.25) is 0 Å². The maximum atomic E-state index is 12.8. The van der Waals surface area contributed by atoms with Crippen molar-refractivity contribution in [3.8, 4) is 0 Å². The quantitative estimate of drug-likeness (QED) is 0.678. The molecule has 142 valence electrons. The highest BCUT2D eigenvalue weighted by molar-refractivity contribution is 5.96. The molecule has 2 aromatic carbocycles. The maximum Gasteiger partial charge on any atom is 0.410 e. The van der Waals surface area contributed by atoms with E-state index in [-0.39, 0.29) is 5.78 Å². The van der Waals surface area contributed by atoms with Crippen LogP contribution < -0.4 is 0 Å². The van der Waals surface area contributed by atoms with Gasteiger partial charge in [0.05, 0.1) is 6.04 Å². The molecule has 4 heteroatoms. The van der Waals surface area contributed by atoms with Gasteiger partial charge >= 0.3 is 6.09 Å². The van der Waals surface area contributed by atoms with E-state index in [0.29, 0.717) is 0 Å². The van der Waals surface area contributed by atoms with E-state index in [1.165, 1.54) is 6.92 Å². The van der Waals surface area contributed by atoms with Crippen LogP contribution in [0.5, 0.6) is 0 Å². The van der Waals surface area contributed by atoms with Crippen LogP contribution in [0.4, 0.5) is 4.79 Å². The molecule has 27 heavy (non-hydrogen) atoms. The molecule has 0 aliphatic carbocycles. The van der Waals surface area contributed by atoms with E-state index in [1.54, 1.807) is 18.0 Å². The van der Waals surface area contributed by atoms with Crippen molar-refractivity contribution >= 4 is 17.4 Å². The Morgan fingerprint density at radius 2 is 1.48 bits per heavy atom. The molecular formula is C23H27NO3. The van der Waals surface area contributed by atoms with Gasteiger partial charge in [0, 0.05) is 7.05 Å². The van der Waals surface area contributed by atoms with E-state index >= 15 is 0 Å². The van der Waals surface area contributed by atoms with Crippen molar-refractivity contribution in [2.24, 2.45) is 0 Å². The zero-order valence-corrected chi connectivity index (χ0v) is 16.6. The van der Waals surface area contributed by atoms with Gasteiger partial charge in [0.15, 0.2) is 5.78 Å². The summed E-state index contributed by atoms with van der Waals surface area (Å²) in [4.78, 5) is 26.3. The number of nitrogens with zero attached hydrogens (tertiary/aromatic N) is 1. The first kappa shape index (κ1) is 20.4. The fraction of sp³-hybridized carbons (Fsp3) is 0.304. The number of likely N-dealkylation sites (N-methyl/N-ethyl adjacent to an activating group) is 1. The Kier molecular flexibility index (Phi) is 6.56. The smallest absolute Gasteiger partial charge is 0.410 e. The van der Waals surface area contributed by atoms with Crippen molar-refractivity contribution in [2.45, 2.75) is 39.3 Å². The monoisotopic (exact) mass is 365 g/mol. The van der Waals surface area contributed by atoms with E-state index in [0.717, 1.165) is 16.7 Å². The Labute approximate surface area is 161 Å². The molecule has 1 atom stereocenters. The molecule has 1 unspecified atom stereocenters. The second-order valence-electron chi connectivity index (χ2n) is 7.48. The number of ether oxygens (including phenoxy) is 1. The number of hydrogen-bond acceptors (Lipinski definition) is 3. The summed E-state index contributed by atoms with van der Waals surface area (Å²) in [5, 5.41) is 0. The maximum absolute atomic E-state index is 12.8. The molecule has 0 spiro atoms. The zero-order chi connectivity index (χ0) is 20.0. The zero-order valence-electron chi connectivity index (χ0n) is 16.6. The van der Waals surface area contributed by atoms with Gasteiger partial charge in [-0.05, 0) is 50.5 Å². The molecule has 2 rings (SSSR count). The third-order valence-corrected chi connectivity index (χ3v) is 3.94. The standard InChI is InChI=1S/C23H27NO3/c1-17(25)16-20(18-12-8-6-9-13-18)21(19-14-10-7-11-15-19)24(5)22(26)27-23(2,3)4/h6-16,21H,1-5H3/b20-16+. The number of rotatable bonds is 5. The average Bonchev–Trinajstić information content (AvgIpc) is 2.61. The third-order valence-electron chi connectivity index (χ3n) is 3.94. The number of carbonyl (C=O) groups excluding carboxylic acids is 2. The number of amides is 1. The van der Waals surface area contributed by atoms with Crippen LogP contribution in [0.2, 0.25) is 0 Å². The van der Waals surface area contributed by atoms with Crippen molar-refractivity contribution in [3.05, 3.63) is 77.9 Å². The first-order chi connectivity index (χ1) is 12.7. The summed E-state index contributed by atoms with van der Waals surface area (Å²) in [6, 6.07) is 18.8. The molecule has 0 aliphatic rings. The Morgan fingerprint density at radius 3 is 1.96 bits per heavy atom. The van der Waals surface area contributed by atoms with Crippen LogP contribution in [0, 0.1) is 0 Å². The lowest BCUT2D eigenvalue weighted by atomic mass is 9.91. The van der Waals surface area contributed by atoms with Crippen LogP contribution in [0.3, 0.4) is 0 Å². The highest BCUT2D eigenvalue weighted by Crippen LogP contribution is 2.35. The summed E-state index contributed by atoms with van der Waals surface area (Å²) in [6.45, 7) is 7.01. The van der Waals surface area contributed by atoms with E-state index < -0.39 is 17.7 Å². The molecule has 0 radical (unpaired) electrons. The third kappa shape index (κ3) is 5.81. The summed E-state index contributed by atoms with van der Waals surface area (Å²) in [7, 11) is 1.70. The highest BCUT2D eigenvalue weighted by Gasteiger charge is 2.30. The van der Waals surface area contributed by atoms with Crippen LogP contribution in [0.25, 0.3) is 5.57 Å². The molecule has 4 nitrogen and oxygen atoms in total. The Balaban J connectivity index is 2.57. The minimum atomic E-state index is -0.607. The van der Waals surface area contributed by atoms with Crippen LogP contribution in [-0.4, -0.2) is 29.4 Å². The van der Waals surface area contributed by atoms with Gasteiger partial charge in [-0.1, -0.05) is 60.7 Å². The molecule has 0 aliphatic heterocycles. The summed E-state index contributed by atoms with van der Waals surface area (Å²) in [5.41, 5.74) is 1.94. The molecule has 0 N–H and O–H groups in total. The Morgan fingerprint density at radius 1 is 0.963 bits per heavy atom. The van der Waals surface area contributed by atoms with Crippen molar-refractivity contribution in [3.63, 3.8) is 0 Å². The molecule has 1 amide bonds. The highest BCUT2D eigenvalue weighted by atomic mass is 16.6. The fourth-order valence-corrected chi connectivity index (χ4v) is 2.86. The number of ketones is 1. The normalized spacial score (nSPS) is 13.0. The molecule has 2 aromatic rings. The van der Waals surface area contributed by atoms with Gasteiger partial charge in [-0.25, -0.2) is 4.79 Å². The minimum absolute atomic E-state index is 0.0765. The van der Waals surface area contributed by atoms with Crippen LogP contribution in [0.1, 0.15) is 44.9 Å². The van der Waals surface area contributed by atoms with Gasteiger partial charge in [0.25, 0.3) is 0 Å². The van der Waals surface area contributed by atoms with Gasteiger partial charge in [-0.3, -0.25) is 4.79 Å². The number of hydrogen-bond donors (Lipinski definition) is 0. The van der Waals surface area contributed by atoms with Crippen molar-refractivity contribution in [1.29, 1.82) is 0 Å². The SMILES string of the molecule is CC(=O)/C=C(\c1ccccc1)C(c1ccccc1)N(C)C(=O)OC(C)(C)C. The number of allylic oxidation sites excluding steroid dienone is 1. The van der Waals surface area contributed by atoms with Gasteiger partial charge in [-0.15, -0.1) is 0 Å². The summed E-state index contributed by atoms with van der Waals surface area (Å²) >= 11 is 0. The van der Waals surface area contributed by atoms with Crippen molar-refractivity contribution in [2.75, 3.05) is 7.05 Å². The molecule has 0 aromatic heterocycles. The van der Waals surface area contributed by atoms with Gasteiger partial charge in [0.1, 0.15) is 5.60 Å². The second kappa shape index (κ2) is 8.67. The van der Waals surface area contributed by atoms with Gasteiger partial charge < -0.3 is 9.64 Å². The molecule has 0 saturated carbocycles. The first-order valence-electron chi connectivity index (χ1n) is 8.97. The number of benzene rings is 2. The first-order valence-corrected chi connectivity index (χ1v) is 8.97. The largest absolute Gasteiger partial charge is 0.444 e. The molecular weight excluding hydrogens is 338 g/mol. The van der Waals surface area contributed by atoms with E-state index in [1.807, 2.05) is 81.4 Å². The average molecular weight is 365 g/mol. The Hall–Kier alpha value is -2.88. The van der Waals surface area contributed by atoms with Crippen LogP contribution >= 0.6 is 0 Å². The fourth-order valence-electron chi connectivity index (χ4n) is 2.86. The van der Waals surface area contributed by atoms with Gasteiger partial charge in [-0.2, -0.15) is 0 Å². The molecule has 0 bridgehead atoms. The molecule has 0 saturated heterocycles. The lowest BCUT2D eigenvalue weighted by Crippen LogP contribution is -2.37. The Bertz CT molecular complexity index is 805. The van der Waals surface area contributed by atoms with Crippen LogP contribution in [0.15, 0.2) is 66.7 Å². The van der Waals surface area contributed by atoms with Crippen molar-refractivity contribution in [1.82, 2.24) is 4.90 Å². The minimum Gasteiger partial charge on any atom is -0.444 e. The van der Waals surface area contributed by atoms with E-state index in [2.05, 4.69) is 0 Å². The predicted molar refractivity (Wildman–Crippen MR) is 108 cm³/mol.